The Morgan fingerprint density at radius 1 is 1.06 bits per heavy atom. The molecule has 8 nitrogen and oxygen atoms in total. The highest BCUT2D eigenvalue weighted by Gasteiger charge is 2.27. The number of aromatic nitrogens is 2. The molecule has 1 aliphatic rings. The Labute approximate surface area is 206 Å². The number of carbonyl (C=O) groups excluding carboxylic acids is 1. The van der Waals surface area contributed by atoms with Gasteiger partial charge in [0, 0.05) is 31.1 Å². The fraction of sp³-hybridized carbons (Fsp3) is 0.423. The smallest absolute Gasteiger partial charge is 0.253 e. The SMILES string of the molecule is Cc1noc(C2CCN(C(=O)c3ccc(CNS(=O)(=O)c4ccc(C(C)(C)C)cc4)cc3)CC2)n1. The molecule has 0 saturated carbocycles. The average Bonchev–Trinajstić information content (AvgIpc) is 3.28. The van der Waals surface area contributed by atoms with Crippen LogP contribution in [0.4, 0.5) is 0 Å². The predicted molar refractivity (Wildman–Crippen MR) is 133 cm³/mol. The summed E-state index contributed by atoms with van der Waals surface area (Å²) in [6.07, 6.45) is 1.56. The Morgan fingerprint density at radius 2 is 1.69 bits per heavy atom. The van der Waals surface area contributed by atoms with Gasteiger partial charge < -0.3 is 9.42 Å². The molecular formula is C26H32N4O4S. The van der Waals surface area contributed by atoms with E-state index in [-0.39, 0.29) is 28.7 Å². The minimum Gasteiger partial charge on any atom is -0.339 e. The number of piperidine rings is 1. The second-order valence-corrected chi connectivity index (χ2v) is 11.8. The summed E-state index contributed by atoms with van der Waals surface area (Å²) in [5.41, 5.74) is 2.40. The molecule has 1 aliphatic heterocycles. The van der Waals surface area contributed by atoms with E-state index in [4.69, 9.17) is 4.52 Å². The first-order chi connectivity index (χ1) is 16.5. The van der Waals surface area contributed by atoms with Crippen LogP contribution in [0, 0.1) is 6.92 Å². The molecule has 0 radical (unpaired) electrons. The third-order valence-corrected chi connectivity index (χ3v) is 7.79. The number of carbonyl (C=O) groups is 1. The first kappa shape index (κ1) is 25.1. The Balaban J connectivity index is 1.32. The lowest BCUT2D eigenvalue weighted by atomic mass is 9.87. The lowest BCUT2D eigenvalue weighted by Crippen LogP contribution is -2.38. The molecular weight excluding hydrogens is 464 g/mol. The third kappa shape index (κ3) is 5.97. The molecule has 0 unspecified atom stereocenters. The maximum absolute atomic E-state index is 12.9. The second kappa shape index (κ2) is 9.91. The highest BCUT2D eigenvalue weighted by atomic mass is 32.2. The van der Waals surface area contributed by atoms with Gasteiger partial charge in [0.1, 0.15) is 0 Å². The molecule has 1 aromatic heterocycles. The second-order valence-electron chi connectivity index (χ2n) is 10.0. The van der Waals surface area contributed by atoms with Crippen LogP contribution < -0.4 is 4.72 Å². The fourth-order valence-corrected chi connectivity index (χ4v) is 5.17. The summed E-state index contributed by atoms with van der Waals surface area (Å²) < 4.78 is 33.3. The van der Waals surface area contributed by atoms with Crippen LogP contribution in [0.25, 0.3) is 0 Å². The number of hydrogen-bond acceptors (Lipinski definition) is 6. The Kier molecular flexibility index (Phi) is 7.10. The van der Waals surface area contributed by atoms with Crippen molar-refractivity contribution in [3.63, 3.8) is 0 Å². The van der Waals surface area contributed by atoms with Crippen LogP contribution in [0.15, 0.2) is 57.9 Å². The number of nitrogens with one attached hydrogen (secondary N) is 1. The zero-order valence-electron chi connectivity index (χ0n) is 20.6. The van der Waals surface area contributed by atoms with Crippen LogP contribution in [0.3, 0.4) is 0 Å². The fourth-order valence-electron chi connectivity index (χ4n) is 4.15. The van der Waals surface area contributed by atoms with E-state index < -0.39 is 10.0 Å². The number of sulfonamides is 1. The van der Waals surface area contributed by atoms with Crippen LogP contribution in [-0.4, -0.2) is 42.5 Å². The Hall–Kier alpha value is -3.04. The van der Waals surface area contributed by atoms with Gasteiger partial charge in [0.2, 0.25) is 15.9 Å². The first-order valence-corrected chi connectivity index (χ1v) is 13.3. The van der Waals surface area contributed by atoms with Crippen molar-refractivity contribution in [2.24, 2.45) is 0 Å². The van der Waals surface area contributed by atoms with E-state index in [1.54, 1.807) is 43.3 Å². The molecule has 2 heterocycles. The lowest BCUT2D eigenvalue weighted by Gasteiger charge is -2.30. The number of benzene rings is 2. The maximum Gasteiger partial charge on any atom is 0.253 e. The lowest BCUT2D eigenvalue weighted by molar-refractivity contribution is 0.0704. The van der Waals surface area contributed by atoms with Crippen molar-refractivity contribution < 1.29 is 17.7 Å². The minimum absolute atomic E-state index is 0.0313. The van der Waals surface area contributed by atoms with E-state index in [1.807, 2.05) is 17.0 Å². The van der Waals surface area contributed by atoms with Gasteiger partial charge in [-0.2, -0.15) is 4.98 Å². The molecule has 186 valence electrons. The highest BCUT2D eigenvalue weighted by Crippen LogP contribution is 2.27. The zero-order chi connectivity index (χ0) is 25.2. The number of nitrogens with zero attached hydrogens (tertiary/aromatic N) is 3. The number of likely N-dealkylation sites (tertiary alicyclic amines) is 1. The van der Waals surface area contributed by atoms with Crippen LogP contribution in [0.5, 0.6) is 0 Å². The molecule has 1 fully saturated rings. The van der Waals surface area contributed by atoms with Gasteiger partial charge in [-0.1, -0.05) is 50.2 Å². The molecule has 3 aromatic rings. The van der Waals surface area contributed by atoms with E-state index >= 15 is 0 Å². The quantitative estimate of drug-likeness (QED) is 0.549. The van der Waals surface area contributed by atoms with Crippen molar-refractivity contribution in [2.45, 2.75) is 63.3 Å². The van der Waals surface area contributed by atoms with Gasteiger partial charge >= 0.3 is 0 Å². The Morgan fingerprint density at radius 3 is 2.23 bits per heavy atom. The van der Waals surface area contributed by atoms with Crippen molar-refractivity contribution in [2.75, 3.05) is 13.1 Å². The van der Waals surface area contributed by atoms with Crippen molar-refractivity contribution in [3.8, 4) is 0 Å². The van der Waals surface area contributed by atoms with E-state index in [9.17, 15) is 13.2 Å². The average molecular weight is 497 g/mol. The summed E-state index contributed by atoms with van der Waals surface area (Å²) in [5, 5.41) is 3.85. The zero-order valence-corrected chi connectivity index (χ0v) is 21.4. The molecule has 1 amide bonds. The number of hydrogen-bond donors (Lipinski definition) is 1. The normalized spacial score (nSPS) is 15.4. The van der Waals surface area contributed by atoms with Crippen molar-refractivity contribution in [3.05, 3.63) is 76.9 Å². The molecule has 9 heteroatoms. The summed E-state index contributed by atoms with van der Waals surface area (Å²) in [6.45, 7) is 9.45. The number of aryl methyl sites for hydroxylation is 1. The maximum atomic E-state index is 12.9. The summed E-state index contributed by atoms with van der Waals surface area (Å²) in [5.74, 6) is 1.42. The molecule has 2 aromatic carbocycles. The van der Waals surface area contributed by atoms with E-state index in [1.165, 1.54) is 0 Å². The summed E-state index contributed by atoms with van der Waals surface area (Å²) >= 11 is 0. The molecule has 4 rings (SSSR count). The molecule has 0 atom stereocenters. The third-order valence-electron chi connectivity index (χ3n) is 6.37. The molecule has 0 bridgehead atoms. The molecule has 1 saturated heterocycles. The highest BCUT2D eigenvalue weighted by molar-refractivity contribution is 7.89. The van der Waals surface area contributed by atoms with Crippen molar-refractivity contribution in [1.29, 1.82) is 0 Å². The molecule has 1 N–H and O–H groups in total. The standard InChI is InChI=1S/C26H32N4O4S/c1-18-28-24(34-29-18)20-13-15-30(16-14-20)25(31)21-7-5-19(6-8-21)17-27-35(32,33)23-11-9-22(10-12-23)26(2,3)4/h5-12,20,27H,13-17H2,1-4H3. The van der Waals surface area contributed by atoms with Crippen LogP contribution >= 0.6 is 0 Å². The summed E-state index contributed by atoms with van der Waals surface area (Å²) in [4.78, 5) is 19.3. The first-order valence-electron chi connectivity index (χ1n) is 11.8. The molecule has 0 aliphatic carbocycles. The van der Waals surface area contributed by atoms with Gasteiger partial charge in [-0.15, -0.1) is 0 Å². The van der Waals surface area contributed by atoms with Crippen LogP contribution in [-0.2, 0) is 22.0 Å². The van der Waals surface area contributed by atoms with E-state index in [0.717, 1.165) is 24.0 Å². The molecule has 35 heavy (non-hydrogen) atoms. The van der Waals surface area contributed by atoms with Gasteiger partial charge in [-0.3, -0.25) is 4.79 Å². The van der Waals surface area contributed by atoms with E-state index in [2.05, 4.69) is 35.6 Å². The van der Waals surface area contributed by atoms with Gasteiger partial charge in [0.05, 0.1) is 4.90 Å². The Bertz CT molecular complexity index is 1270. The monoisotopic (exact) mass is 496 g/mol. The molecule has 0 spiro atoms. The van der Waals surface area contributed by atoms with Crippen LogP contribution in [0.1, 0.15) is 72.7 Å². The van der Waals surface area contributed by atoms with E-state index in [0.29, 0.717) is 30.4 Å². The van der Waals surface area contributed by atoms with Gasteiger partial charge in [-0.05, 0) is 60.6 Å². The van der Waals surface area contributed by atoms with Crippen molar-refractivity contribution in [1.82, 2.24) is 19.8 Å². The van der Waals surface area contributed by atoms with Gasteiger partial charge in [0.15, 0.2) is 5.82 Å². The number of rotatable bonds is 6. The summed E-state index contributed by atoms with van der Waals surface area (Å²) in [7, 11) is -3.63. The largest absolute Gasteiger partial charge is 0.339 e. The van der Waals surface area contributed by atoms with Crippen molar-refractivity contribution >= 4 is 15.9 Å². The predicted octanol–water partition coefficient (Wildman–Crippen LogP) is 4.17. The summed E-state index contributed by atoms with van der Waals surface area (Å²) in [6, 6.07) is 14.0. The number of amides is 1. The van der Waals surface area contributed by atoms with Gasteiger partial charge in [-0.25, -0.2) is 13.1 Å². The van der Waals surface area contributed by atoms with Gasteiger partial charge in [0.25, 0.3) is 5.91 Å². The topological polar surface area (TPSA) is 105 Å². The van der Waals surface area contributed by atoms with Crippen LogP contribution in [0.2, 0.25) is 0 Å². The minimum atomic E-state index is -3.63.